The van der Waals surface area contributed by atoms with Gasteiger partial charge in [0.15, 0.2) is 5.82 Å². The highest BCUT2D eigenvalue weighted by molar-refractivity contribution is 5.99. The normalized spacial score (nSPS) is 10.4. The zero-order valence-corrected chi connectivity index (χ0v) is 8.81. The van der Waals surface area contributed by atoms with E-state index in [0.717, 1.165) is 0 Å². The van der Waals surface area contributed by atoms with Crippen LogP contribution in [-0.4, -0.2) is 26.8 Å². The second-order valence-corrected chi connectivity index (χ2v) is 3.51. The Morgan fingerprint density at radius 3 is 2.60 bits per heavy atom. The van der Waals surface area contributed by atoms with Crippen molar-refractivity contribution in [1.29, 1.82) is 0 Å². The molecular weight excluding hydrogens is 198 g/mol. The Morgan fingerprint density at radius 1 is 1.53 bits per heavy atom. The van der Waals surface area contributed by atoms with E-state index in [1.54, 1.807) is 20.9 Å². The van der Waals surface area contributed by atoms with Crippen molar-refractivity contribution in [2.45, 2.75) is 13.8 Å². The van der Waals surface area contributed by atoms with Crippen molar-refractivity contribution in [3.8, 4) is 0 Å². The van der Waals surface area contributed by atoms with E-state index in [-0.39, 0.29) is 23.2 Å². The van der Waals surface area contributed by atoms with Crippen LogP contribution < -0.4 is 5.32 Å². The lowest BCUT2D eigenvalue weighted by Crippen LogP contribution is -2.19. The maximum Gasteiger partial charge on any atom is 0.341 e. The molecule has 0 aromatic carbocycles. The first-order valence-corrected chi connectivity index (χ1v) is 4.49. The molecule has 6 heteroatoms. The van der Waals surface area contributed by atoms with Crippen LogP contribution in [0.3, 0.4) is 0 Å². The van der Waals surface area contributed by atoms with Crippen molar-refractivity contribution < 1.29 is 14.7 Å². The summed E-state index contributed by atoms with van der Waals surface area (Å²) in [6.07, 6.45) is 1.35. The molecule has 1 aromatic rings. The van der Waals surface area contributed by atoms with Gasteiger partial charge in [-0.3, -0.25) is 9.48 Å². The third-order valence-electron chi connectivity index (χ3n) is 1.83. The fourth-order valence-corrected chi connectivity index (χ4v) is 0.998. The Balaban J connectivity index is 2.94. The molecule has 1 aromatic heterocycles. The molecule has 0 radical (unpaired) electrons. The second kappa shape index (κ2) is 4.12. The van der Waals surface area contributed by atoms with Gasteiger partial charge in [-0.1, -0.05) is 13.8 Å². The zero-order valence-electron chi connectivity index (χ0n) is 8.81. The molecule has 1 amide bonds. The number of nitrogens with zero attached hydrogens (tertiary/aromatic N) is 2. The van der Waals surface area contributed by atoms with Gasteiger partial charge < -0.3 is 10.4 Å². The lowest BCUT2D eigenvalue weighted by atomic mass is 10.2. The number of carbonyl (C=O) groups excluding carboxylic acids is 1. The first kappa shape index (κ1) is 11.2. The number of anilines is 1. The van der Waals surface area contributed by atoms with E-state index in [2.05, 4.69) is 10.4 Å². The number of aromatic nitrogens is 2. The summed E-state index contributed by atoms with van der Waals surface area (Å²) in [5, 5.41) is 15.1. The molecular formula is C9H13N3O3. The number of carboxylic acid groups (broad SMARTS) is 1. The number of rotatable bonds is 3. The third kappa shape index (κ3) is 2.55. The predicted octanol–water partition coefficient (Wildman–Crippen LogP) is 0.713. The zero-order chi connectivity index (χ0) is 11.6. The smallest absolute Gasteiger partial charge is 0.341 e. The molecule has 15 heavy (non-hydrogen) atoms. The maximum absolute atomic E-state index is 11.3. The lowest BCUT2D eigenvalue weighted by molar-refractivity contribution is -0.118. The Bertz CT molecular complexity index is 395. The highest BCUT2D eigenvalue weighted by Gasteiger charge is 2.17. The van der Waals surface area contributed by atoms with Crippen LogP contribution in [0.25, 0.3) is 0 Å². The molecule has 0 aliphatic rings. The minimum atomic E-state index is -1.11. The van der Waals surface area contributed by atoms with E-state index in [1.165, 1.54) is 10.9 Å². The fraction of sp³-hybridized carbons (Fsp3) is 0.444. The minimum absolute atomic E-state index is 0.00787. The number of carboxylic acids is 1. The molecule has 0 saturated heterocycles. The summed E-state index contributed by atoms with van der Waals surface area (Å²) in [5.74, 6) is -1.49. The molecule has 0 unspecified atom stereocenters. The van der Waals surface area contributed by atoms with Crippen LogP contribution in [0, 0.1) is 5.92 Å². The minimum Gasteiger partial charge on any atom is -0.477 e. The van der Waals surface area contributed by atoms with Crippen LogP contribution in [0.1, 0.15) is 24.2 Å². The molecule has 2 N–H and O–H groups in total. The molecule has 0 bridgehead atoms. The monoisotopic (exact) mass is 211 g/mol. The summed E-state index contributed by atoms with van der Waals surface area (Å²) in [4.78, 5) is 22.1. The lowest BCUT2D eigenvalue weighted by Gasteiger charge is -2.04. The molecule has 1 heterocycles. The quantitative estimate of drug-likeness (QED) is 0.771. The second-order valence-electron chi connectivity index (χ2n) is 3.51. The highest BCUT2D eigenvalue weighted by Crippen LogP contribution is 2.13. The topological polar surface area (TPSA) is 84.2 Å². The van der Waals surface area contributed by atoms with Gasteiger partial charge in [-0.15, -0.1) is 0 Å². The Labute approximate surface area is 86.9 Å². The Hall–Kier alpha value is -1.85. The average Bonchev–Trinajstić information content (AvgIpc) is 2.46. The Kier molecular flexibility index (Phi) is 3.08. The Morgan fingerprint density at radius 2 is 2.13 bits per heavy atom. The van der Waals surface area contributed by atoms with Gasteiger partial charge in [-0.05, 0) is 0 Å². The van der Waals surface area contributed by atoms with E-state index in [0.29, 0.717) is 0 Å². The van der Waals surface area contributed by atoms with Crippen LogP contribution in [0.4, 0.5) is 5.82 Å². The van der Waals surface area contributed by atoms with E-state index in [1.807, 2.05) is 0 Å². The summed E-state index contributed by atoms with van der Waals surface area (Å²) in [6, 6.07) is 0. The van der Waals surface area contributed by atoms with Crippen molar-refractivity contribution in [1.82, 2.24) is 9.78 Å². The number of nitrogens with one attached hydrogen (secondary N) is 1. The molecule has 82 valence electrons. The van der Waals surface area contributed by atoms with E-state index in [4.69, 9.17) is 5.11 Å². The van der Waals surface area contributed by atoms with E-state index < -0.39 is 5.97 Å². The molecule has 0 fully saturated rings. The standard InChI is InChI=1S/C9H13N3O3/c1-5(2)8(13)10-7-6(9(14)15)4-12(3)11-7/h4-5H,1-3H3,(H,14,15)(H,10,11,13). The summed E-state index contributed by atoms with van der Waals surface area (Å²) < 4.78 is 1.35. The van der Waals surface area contributed by atoms with Gasteiger partial charge >= 0.3 is 5.97 Å². The van der Waals surface area contributed by atoms with Gasteiger partial charge in [0.25, 0.3) is 0 Å². The third-order valence-corrected chi connectivity index (χ3v) is 1.83. The summed E-state index contributed by atoms with van der Waals surface area (Å²) >= 11 is 0. The van der Waals surface area contributed by atoms with Gasteiger partial charge in [-0.2, -0.15) is 5.10 Å². The first-order valence-electron chi connectivity index (χ1n) is 4.49. The number of aromatic carboxylic acids is 1. The fourth-order valence-electron chi connectivity index (χ4n) is 0.998. The van der Waals surface area contributed by atoms with Gasteiger partial charge in [-0.25, -0.2) is 4.79 Å². The predicted molar refractivity (Wildman–Crippen MR) is 53.6 cm³/mol. The summed E-state index contributed by atoms with van der Waals surface area (Å²) in [7, 11) is 1.59. The molecule has 0 saturated carbocycles. The molecule has 1 rings (SSSR count). The van der Waals surface area contributed by atoms with Crippen molar-refractivity contribution in [2.75, 3.05) is 5.32 Å². The van der Waals surface area contributed by atoms with E-state index >= 15 is 0 Å². The molecule has 0 aliphatic carbocycles. The molecule has 0 aliphatic heterocycles. The van der Waals surface area contributed by atoms with Crippen LogP contribution in [-0.2, 0) is 11.8 Å². The van der Waals surface area contributed by atoms with Crippen LogP contribution in [0.15, 0.2) is 6.20 Å². The van der Waals surface area contributed by atoms with Crippen molar-refractivity contribution in [3.63, 3.8) is 0 Å². The van der Waals surface area contributed by atoms with Gasteiger partial charge in [0.05, 0.1) is 0 Å². The number of aryl methyl sites for hydroxylation is 1. The summed E-state index contributed by atoms with van der Waals surface area (Å²) in [5.41, 5.74) is -0.00787. The van der Waals surface area contributed by atoms with Crippen molar-refractivity contribution >= 4 is 17.7 Å². The first-order chi connectivity index (χ1) is 6.91. The number of amides is 1. The molecule has 0 atom stereocenters. The van der Waals surface area contributed by atoms with Gasteiger partial charge in [0, 0.05) is 19.2 Å². The van der Waals surface area contributed by atoms with Crippen molar-refractivity contribution in [2.24, 2.45) is 13.0 Å². The van der Waals surface area contributed by atoms with Crippen LogP contribution >= 0.6 is 0 Å². The van der Waals surface area contributed by atoms with Crippen LogP contribution in [0.5, 0.6) is 0 Å². The van der Waals surface area contributed by atoms with Gasteiger partial charge in [0.1, 0.15) is 5.56 Å². The largest absolute Gasteiger partial charge is 0.477 e. The van der Waals surface area contributed by atoms with E-state index in [9.17, 15) is 9.59 Å². The molecule has 6 nitrogen and oxygen atoms in total. The number of carbonyl (C=O) groups is 2. The number of hydrogen-bond donors (Lipinski definition) is 2. The van der Waals surface area contributed by atoms with Gasteiger partial charge in [0.2, 0.25) is 5.91 Å². The van der Waals surface area contributed by atoms with Crippen molar-refractivity contribution in [3.05, 3.63) is 11.8 Å². The summed E-state index contributed by atoms with van der Waals surface area (Å²) in [6.45, 7) is 3.44. The highest BCUT2D eigenvalue weighted by atomic mass is 16.4. The SMILES string of the molecule is CC(C)C(=O)Nc1nn(C)cc1C(=O)O. The molecule has 0 spiro atoms. The maximum atomic E-state index is 11.3. The average molecular weight is 211 g/mol. The number of hydrogen-bond acceptors (Lipinski definition) is 3. The van der Waals surface area contributed by atoms with Crippen LogP contribution in [0.2, 0.25) is 0 Å².